The fourth-order valence-electron chi connectivity index (χ4n) is 1.01. The normalized spacial score (nSPS) is 10.7. The summed E-state index contributed by atoms with van der Waals surface area (Å²) in [5.41, 5.74) is 1.09. The van der Waals surface area contributed by atoms with Crippen LogP contribution in [0.4, 0.5) is 4.39 Å². The Morgan fingerprint density at radius 1 is 1.55 bits per heavy atom. The third-order valence-corrected chi connectivity index (χ3v) is 2.61. The third-order valence-electron chi connectivity index (χ3n) is 1.59. The number of nitrogens with zero attached hydrogens (tertiary/aromatic N) is 1. The monoisotopic (exact) mass is 167 g/mol. The molecule has 0 radical (unpaired) electrons. The van der Waals surface area contributed by atoms with Crippen molar-refractivity contribution in [3.05, 3.63) is 29.0 Å². The number of thiophene rings is 1. The highest BCUT2D eigenvalue weighted by atomic mass is 32.1. The molecule has 0 N–H and O–H groups in total. The highest BCUT2D eigenvalue weighted by Crippen LogP contribution is 2.23. The van der Waals surface area contributed by atoms with E-state index in [-0.39, 0.29) is 5.82 Å². The van der Waals surface area contributed by atoms with Crippen molar-refractivity contribution in [2.75, 3.05) is 0 Å². The number of aromatic nitrogens is 1. The summed E-state index contributed by atoms with van der Waals surface area (Å²) in [4.78, 5) is 4.85. The van der Waals surface area contributed by atoms with E-state index in [0.717, 1.165) is 15.8 Å². The van der Waals surface area contributed by atoms with Crippen LogP contribution < -0.4 is 0 Å². The zero-order chi connectivity index (χ0) is 7.84. The molecule has 2 aromatic rings. The first-order chi connectivity index (χ1) is 5.27. The summed E-state index contributed by atoms with van der Waals surface area (Å²) in [5, 5.41) is 2.91. The van der Waals surface area contributed by atoms with Crippen molar-refractivity contribution >= 4 is 21.6 Å². The molecule has 0 saturated heterocycles. The predicted octanol–water partition coefficient (Wildman–Crippen LogP) is 2.74. The molecule has 11 heavy (non-hydrogen) atoms. The van der Waals surface area contributed by atoms with Gasteiger partial charge < -0.3 is 0 Å². The molecule has 0 spiro atoms. The van der Waals surface area contributed by atoms with Crippen LogP contribution in [0, 0.1) is 12.7 Å². The number of fused-ring (bicyclic) bond motifs is 1. The molecule has 2 rings (SSSR count). The topological polar surface area (TPSA) is 12.9 Å². The SMILES string of the molecule is Cc1csc2ncc(F)cc12. The van der Waals surface area contributed by atoms with Crippen LogP contribution in [-0.2, 0) is 0 Å². The minimum atomic E-state index is -0.265. The zero-order valence-electron chi connectivity index (χ0n) is 5.97. The first-order valence-electron chi connectivity index (χ1n) is 3.27. The van der Waals surface area contributed by atoms with E-state index >= 15 is 0 Å². The maximum Gasteiger partial charge on any atom is 0.142 e. The van der Waals surface area contributed by atoms with Crippen molar-refractivity contribution in [2.45, 2.75) is 6.92 Å². The van der Waals surface area contributed by atoms with Crippen molar-refractivity contribution in [1.29, 1.82) is 0 Å². The molecule has 2 aromatic heterocycles. The van der Waals surface area contributed by atoms with Crippen molar-refractivity contribution in [3.8, 4) is 0 Å². The van der Waals surface area contributed by atoms with E-state index in [9.17, 15) is 4.39 Å². The van der Waals surface area contributed by atoms with Crippen LogP contribution in [0.25, 0.3) is 10.2 Å². The Morgan fingerprint density at radius 3 is 3.18 bits per heavy atom. The van der Waals surface area contributed by atoms with Gasteiger partial charge in [-0.3, -0.25) is 0 Å². The highest BCUT2D eigenvalue weighted by molar-refractivity contribution is 7.16. The maximum atomic E-state index is 12.6. The predicted molar refractivity (Wildman–Crippen MR) is 44.3 cm³/mol. The van der Waals surface area contributed by atoms with Crippen LogP contribution in [0.3, 0.4) is 0 Å². The molecule has 0 aromatic carbocycles. The summed E-state index contributed by atoms with van der Waals surface area (Å²) >= 11 is 1.54. The van der Waals surface area contributed by atoms with Crippen molar-refractivity contribution in [3.63, 3.8) is 0 Å². The van der Waals surface area contributed by atoms with Gasteiger partial charge in [-0.2, -0.15) is 0 Å². The summed E-state index contributed by atoms with van der Waals surface area (Å²) < 4.78 is 12.6. The molecule has 0 atom stereocenters. The van der Waals surface area contributed by atoms with Gasteiger partial charge in [0, 0.05) is 5.39 Å². The second-order valence-corrected chi connectivity index (χ2v) is 3.28. The Kier molecular flexibility index (Phi) is 1.39. The summed E-state index contributed by atoms with van der Waals surface area (Å²) in [5.74, 6) is -0.265. The number of aryl methyl sites for hydroxylation is 1. The van der Waals surface area contributed by atoms with Gasteiger partial charge in [0.2, 0.25) is 0 Å². The van der Waals surface area contributed by atoms with Gasteiger partial charge in [-0.1, -0.05) is 0 Å². The van der Waals surface area contributed by atoms with Crippen molar-refractivity contribution in [1.82, 2.24) is 4.98 Å². The van der Waals surface area contributed by atoms with E-state index in [1.807, 2.05) is 12.3 Å². The second-order valence-electron chi connectivity index (χ2n) is 2.42. The molecule has 0 aliphatic carbocycles. The fourth-order valence-corrected chi connectivity index (χ4v) is 1.89. The number of hydrogen-bond donors (Lipinski definition) is 0. The quantitative estimate of drug-likeness (QED) is 0.588. The molecule has 1 nitrogen and oxygen atoms in total. The van der Waals surface area contributed by atoms with E-state index in [2.05, 4.69) is 4.98 Å². The molecular formula is C8H6FNS. The van der Waals surface area contributed by atoms with Gasteiger partial charge in [-0.05, 0) is 23.9 Å². The summed E-state index contributed by atoms with van der Waals surface area (Å²) in [6.07, 6.45) is 1.25. The van der Waals surface area contributed by atoms with Crippen molar-refractivity contribution in [2.24, 2.45) is 0 Å². The number of rotatable bonds is 0. The average molecular weight is 167 g/mol. The first-order valence-corrected chi connectivity index (χ1v) is 4.14. The number of pyridine rings is 1. The molecular weight excluding hydrogens is 161 g/mol. The highest BCUT2D eigenvalue weighted by Gasteiger charge is 2.01. The fraction of sp³-hybridized carbons (Fsp3) is 0.125. The minimum Gasteiger partial charge on any atom is -0.242 e. The van der Waals surface area contributed by atoms with Gasteiger partial charge in [0.05, 0.1) is 6.20 Å². The first kappa shape index (κ1) is 6.73. The Balaban J connectivity index is 2.87. The summed E-state index contributed by atoms with van der Waals surface area (Å²) in [6.45, 7) is 1.96. The van der Waals surface area contributed by atoms with E-state index in [1.54, 1.807) is 11.3 Å². The Hall–Kier alpha value is -0.960. The van der Waals surface area contributed by atoms with Crippen molar-refractivity contribution < 1.29 is 4.39 Å². The van der Waals surface area contributed by atoms with Crippen LogP contribution in [-0.4, -0.2) is 4.98 Å². The van der Waals surface area contributed by atoms with Crippen LogP contribution in [0.1, 0.15) is 5.56 Å². The summed E-state index contributed by atoms with van der Waals surface area (Å²) in [6, 6.07) is 1.52. The molecule has 0 unspecified atom stereocenters. The van der Waals surface area contributed by atoms with Gasteiger partial charge in [0.25, 0.3) is 0 Å². The lowest BCUT2D eigenvalue weighted by Gasteiger charge is -1.89. The molecule has 0 aliphatic rings. The lowest BCUT2D eigenvalue weighted by Crippen LogP contribution is -1.77. The van der Waals surface area contributed by atoms with Gasteiger partial charge in [-0.15, -0.1) is 11.3 Å². The smallest absolute Gasteiger partial charge is 0.142 e. The van der Waals surface area contributed by atoms with E-state index in [4.69, 9.17) is 0 Å². The van der Waals surface area contributed by atoms with Crippen LogP contribution in [0.2, 0.25) is 0 Å². The van der Waals surface area contributed by atoms with Gasteiger partial charge in [-0.25, -0.2) is 9.37 Å². The third kappa shape index (κ3) is 1.01. The molecule has 56 valence electrons. The van der Waals surface area contributed by atoms with Crippen LogP contribution in [0.15, 0.2) is 17.6 Å². The van der Waals surface area contributed by atoms with E-state index in [1.165, 1.54) is 12.3 Å². The van der Waals surface area contributed by atoms with Crippen LogP contribution >= 0.6 is 11.3 Å². The average Bonchev–Trinajstić information content (AvgIpc) is 2.33. The maximum absolute atomic E-state index is 12.6. The van der Waals surface area contributed by atoms with E-state index < -0.39 is 0 Å². The molecule has 0 fully saturated rings. The van der Waals surface area contributed by atoms with Gasteiger partial charge in [0.1, 0.15) is 10.6 Å². The van der Waals surface area contributed by atoms with Crippen LogP contribution in [0.5, 0.6) is 0 Å². The largest absolute Gasteiger partial charge is 0.242 e. The lowest BCUT2D eigenvalue weighted by atomic mass is 10.2. The molecule has 0 aliphatic heterocycles. The molecule has 0 bridgehead atoms. The van der Waals surface area contributed by atoms with Gasteiger partial charge in [0.15, 0.2) is 0 Å². The molecule has 2 heterocycles. The number of halogens is 1. The second kappa shape index (κ2) is 2.27. The summed E-state index contributed by atoms with van der Waals surface area (Å²) in [7, 11) is 0. The Morgan fingerprint density at radius 2 is 2.36 bits per heavy atom. The standard InChI is InChI=1S/C8H6FNS/c1-5-4-11-8-7(5)2-6(9)3-10-8/h2-4H,1H3. The minimum absolute atomic E-state index is 0.265. The molecule has 0 saturated carbocycles. The number of hydrogen-bond acceptors (Lipinski definition) is 2. The Bertz CT molecular complexity index is 394. The Labute approximate surface area is 67.5 Å². The van der Waals surface area contributed by atoms with Gasteiger partial charge >= 0.3 is 0 Å². The zero-order valence-corrected chi connectivity index (χ0v) is 6.78. The van der Waals surface area contributed by atoms with E-state index in [0.29, 0.717) is 0 Å². The molecule has 0 amide bonds. The molecule has 3 heteroatoms. The lowest BCUT2D eigenvalue weighted by molar-refractivity contribution is 0.624.